The van der Waals surface area contributed by atoms with Crippen LogP contribution in [0.1, 0.15) is 0 Å². The maximum absolute atomic E-state index is 6.03. The van der Waals surface area contributed by atoms with Gasteiger partial charge in [-0.1, -0.05) is 54.6 Å². The molecule has 7 rings (SSSR count). The van der Waals surface area contributed by atoms with Crippen molar-refractivity contribution in [2.24, 2.45) is 11.5 Å². The lowest BCUT2D eigenvalue weighted by Crippen LogP contribution is -2.33. The fourth-order valence-electron chi connectivity index (χ4n) is 5.01. The zero-order valence-corrected chi connectivity index (χ0v) is 27.4. The lowest BCUT2D eigenvalue weighted by atomic mass is 10.1. The van der Waals surface area contributed by atoms with Gasteiger partial charge in [-0.25, -0.2) is 0 Å². The number of nitrogens with two attached hydrogens (primary N) is 2. The quantitative estimate of drug-likeness (QED) is 0.0813. The van der Waals surface area contributed by atoms with Crippen LogP contribution in [0.5, 0.6) is 34.8 Å². The number of epoxide rings is 2. The Labute approximate surface area is 290 Å². The van der Waals surface area contributed by atoms with E-state index in [0.717, 1.165) is 35.5 Å². The van der Waals surface area contributed by atoms with Crippen molar-refractivity contribution in [2.45, 2.75) is 24.7 Å². The second-order valence-electron chi connectivity index (χ2n) is 11.9. The zero-order chi connectivity index (χ0) is 34.1. The Bertz CT molecular complexity index is 1670. The molecule has 2 aliphatic heterocycles. The summed E-state index contributed by atoms with van der Waals surface area (Å²) in [6.45, 7) is 3.19. The number of aromatic nitrogens is 1. The molecule has 4 atom stereocenters. The summed E-state index contributed by atoms with van der Waals surface area (Å²) in [6.07, 6.45) is -0.691. The fraction of sp³-hybridized carbons (Fsp3) is 0.256. The largest absolute Gasteiger partial charge is 0.473 e. The maximum Gasteiger partial charge on any atom is 0.222 e. The van der Waals surface area contributed by atoms with Gasteiger partial charge < -0.3 is 37.9 Å². The molecule has 0 spiro atoms. The molecule has 0 saturated carbocycles. The van der Waals surface area contributed by atoms with Gasteiger partial charge in [-0.2, -0.15) is 4.98 Å². The van der Waals surface area contributed by atoms with Gasteiger partial charge in [0.05, 0.1) is 39.6 Å². The van der Waals surface area contributed by atoms with Crippen molar-refractivity contribution in [3.63, 3.8) is 0 Å². The predicted octanol–water partition coefficient (Wildman–Crippen LogP) is 6.16. The predicted molar refractivity (Wildman–Crippen MR) is 186 cm³/mol. The average Bonchev–Trinajstić information content (AvgIpc) is 4.07. The van der Waals surface area contributed by atoms with Crippen LogP contribution < -0.4 is 30.4 Å². The first-order valence-corrected chi connectivity index (χ1v) is 16.5. The van der Waals surface area contributed by atoms with E-state index < -0.39 is 12.5 Å². The molecule has 5 aromatic rings. The Kier molecular flexibility index (Phi) is 10.8. The minimum atomic E-state index is -0.547. The van der Waals surface area contributed by atoms with E-state index in [0.29, 0.717) is 61.2 Å². The molecule has 3 heterocycles. The Morgan fingerprint density at radius 3 is 1.20 bits per heavy atom. The van der Waals surface area contributed by atoms with Gasteiger partial charge in [0.1, 0.15) is 35.2 Å². The monoisotopic (exact) mass is 677 g/mol. The average molecular weight is 678 g/mol. The summed E-state index contributed by atoms with van der Waals surface area (Å²) < 4.78 is 44.8. The Morgan fingerprint density at radius 1 is 0.520 bits per heavy atom. The van der Waals surface area contributed by atoms with Gasteiger partial charge in [0, 0.05) is 12.1 Å². The van der Waals surface area contributed by atoms with Crippen molar-refractivity contribution in [1.29, 1.82) is 0 Å². The van der Waals surface area contributed by atoms with Gasteiger partial charge >= 0.3 is 0 Å². The normalized spacial score (nSPS) is 17.4. The second kappa shape index (κ2) is 16.1. The van der Waals surface area contributed by atoms with Crippen molar-refractivity contribution in [3.8, 4) is 57.0 Å². The van der Waals surface area contributed by atoms with Crippen molar-refractivity contribution in [1.82, 2.24) is 4.98 Å². The first kappa shape index (κ1) is 33.5. The molecule has 11 nitrogen and oxygen atoms in total. The Morgan fingerprint density at radius 2 is 0.860 bits per heavy atom. The molecule has 2 aliphatic rings. The van der Waals surface area contributed by atoms with Crippen molar-refractivity contribution >= 4 is 0 Å². The van der Waals surface area contributed by atoms with E-state index in [4.69, 9.17) is 49.4 Å². The van der Waals surface area contributed by atoms with Crippen LogP contribution in [0.4, 0.5) is 0 Å². The molecule has 50 heavy (non-hydrogen) atoms. The molecule has 4 N–H and O–H groups in total. The van der Waals surface area contributed by atoms with Crippen molar-refractivity contribution in [2.75, 3.05) is 39.6 Å². The zero-order valence-electron chi connectivity index (χ0n) is 27.4. The highest BCUT2D eigenvalue weighted by atomic mass is 16.6. The summed E-state index contributed by atoms with van der Waals surface area (Å²) in [5.41, 5.74) is 16.2. The van der Waals surface area contributed by atoms with E-state index in [1.54, 1.807) is 12.1 Å². The number of hydrogen-bond acceptors (Lipinski definition) is 11. The third-order valence-corrected chi connectivity index (χ3v) is 7.78. The highest BCUT2D eigenvalue weighted by Crippen LogP contribution is 2.30. The fourth-order valence-corrected chi connectivity index (χ4v) is 5.01. The third-order valence-electron chi connectivity index (χ3n) is 7.78. The summed E-state index contributed by atoms with van der Waals surface area (Å²) in [5, 5.41) is 0. The van der Waals surface area contributed by atoms with Gasteiger partial charge in [-0.05, 0) is 70.8 Å². The van der Waals surface area contributed by atoms with Crippen LogP contribution in [0.15, 0.2) is 115 Å². The molecular weight excluding hydrogens is 638 g/mol. The molecule has 0 radical (unpaired) electrons. The van der Waals surface area contributed by atoms with Gasteiger partial charge in [-0.3, -0.25) is 11.5 Å². The highest BCUT2D eigenvalue weighted by Gasteiger charge is 2.23. The first-order valence-electron chi connectivity index (χ1n) is 16.5. The van der Waals surface area contributed by atoms with Crippen LogP contribution in [0.3, 0.4) is 0 Å². The van der Waals surface area contributed by atoms with Crippen LogP contribution in [-0.4, -0.2) is 69.3 Å². The van der Waals surface area contributed by atoms with E-state index in [9.17, 15) is 0 Å². The molecule has 0 amide bonds. The summed E-state index contributed by atoms with van der Waals surface area (Å²) >= 11 is 0. The number of hydrogen-bond donors (Lipinski definition) is 2. The number of pyridine rings is 1. The summed E-state index contributed by atoms with van der Waals surface area (Å²) in [4.78, 5) is 4.53. The summed E-state index contributed by atoms with van der Waals surface area (Å²) in [7, 11) is 0. The molecule has 1 aromatic heterocycles. The number of rotatable bonds is 18. The maximum atomic E-state index is 6.03. The molecule has 4 aromatic carbocycles. The van der Waals surface area contributed by atoms with E-state index in [-0.39, 0.29) is 12.2 Å². The molecule has 4 unspecified atom stereocenters. The molecule has 0 aliphatic carbocycles. The minimum Gasteiger partial charge on any atom is -0.473 e. The van der Waals surface area contributed by atoms with Gasteiger partial charge in [-0.15, -0.1) is 0 Å². The van der Waals surface area contributed by atoms with E-state index >= 15 is 0 Å². The van der Waals surface area contributed by atoms with Crippen LogP contribution in [-0.2, 0) is 18.9 Å². The molecule has 0 bridgehead atoms. The van der Waals surface area contributed by atoms with E-state index in [1.807, 2.05) is 103 Å². The molecule has 2 saturated heterocycles. The first-order chi connectivity index (χ1) is 24.5. The van der Waals surface area contributed by atoms with Gasteiger partial charge in [0.25, 0.3) is 0 Å². The smallest absolute Gasteiger partial charge is 0.222 e. The SMILES string of the molecule is NC(COCC1CO1)Oc1ccc(-c2ccc(Oc3cccc(Oc4ccc(-c5ccc(OC(N)COCC6CO6)cc5)cc4)n3)cc2)cc1. The van der Waals surface area contributed by atoms with Gasteiger partial charge in [0.15, 0.2) is 12.5 Å². The Balaban J connectivity index is 0.881. The number of nitrogens with zero attached hydrogens (tertiary/aromatic N) is 1. The standard InChI is InChI=1S/C39H39N3O8/c40-36(24-43-20-34-22-45-34)47-30-12-4-26(5-13-30)28-8-16-32(17-9-28)49-38-2-1-3-39(42-38)50-33-18-10-29(11-19-33)27-6-14-31(15-7-27)48-37(41)25-44-21-35-23-46-35/h1-19,34-37H,20-25,40-41H2. The molecule has 2 fully saturated rings. The van der Waals surface area contributed by atoms with Crippen LogP contribution in [0.25, 0.3) is 22.3 Å². The lowest BCUT2D eigenvalue weighted by Gasteiger charge is -2.15. The van der Waals surface area contributed by atoms with Crippen LogP contribution >= 0.6 is 0 Å². The summed E-state index contributed by atoms with van der Waals surface area (Å²) in [5.74, 6) is 3.50. The second-order valence-corrected chi connectivity index (χ2v) is 11.9. The molecule has 11 heteroatoms. The minimum absolute atomic E-state index is 0.201. The topological polar surface area (TPSA) is 145 Å². The lowest BCUT2D eigenvalue weighted by molar-refractivity contribution is 0.0454. The van der Waals surface area contributed by atoms with E-state index in [2.05, 4.69) is 4.98 Å². The highest BCUT2D eigenvalue weighted by molar-refractivity contribution is 5.66. The number of ether oxygens (including phenoxy) is 8. The molecule has 258 valence electrons. The van der Waals surface area contributed by atoms with Crippen molar-refractivity contribution < 1.29 is 37.9 Å². The van der Waals surface area contributed by atoms with Crippen LogP contribution in [0, 0.1) is 0 Å². The van der Waals surface area contributed by atoms with E-state index in [1.165, 1.54) is 0 Å². The van der Waals surface area contributed by atoms with Crippen LogP contribution in [0.2, 0.25) is 0 Å². The molecular formula is C39H39N3O8. The number of benzene rings is 4. The van der Waals surface area contributed by atoms with Gasteiger partial charge in [0.2, 0.25) is 11.8 Å². The Hall–Kier alpha value is -5.01. The third kappa shape index (κ3) is 10.0. The summed E-state index contributed by atoms with van der Waals surface area (Å²) in [6, 6.07) is 36.5. The van der Waals surface area contributed by atoms with Crippen molar-refractivity contribution in [3.05, 3.63) is 115 Å².